The second kappa shape index (κ2) is 11.0. The molecule has 0 amide bonds. The summed E-state index contributed by atoms with van der Waals surface area (Å²) >= 11 is 6.72. The van der Waals surface area contributed by atoms with Crippen LogP contribution in [-0.2, 0) is 13.0 Å². The number of likely N-dealkylation sites (tertiary alicyclic amines) is 1. The number of nitriles is 1. The molecule has 1 unspecified atom stereocenters. The zero-order valence-corrected chi connectivity index (χ0v) is 25.4. The Bertz CT molecular complexity index is 1570. The van der Waals surface area contributed by atoms with Crippen molar-refractivity contribution in [3.05, 3.63) is 52.7 Å². The van der Waals surface area contributed by atoms with Crippen LogP contribution in [0, 0.1) is 17.4 Å². The summed E-state index contributed by atoms with van der Waals surface area (Å²) in [6.45, 7) is 7.35. The normalized spacial score (nSPS) is 23.7. The molecule has 3 fully saturated rings. The van der Waals surface area contributed by atoms with Crippen molar-refractivity contribution in [2.75, 3.05) is 44.7 Å². The van der Waals surface area contributed by atoms with E-state index >= 15 is 0 Å². The summed E-state index contributed by atoms with van der Waals surface area (Å²) in [5.41, 5.74) is 3.45. The summed E-state index contributed by atoms with van der Waals surface area (Å²) in [6.07, 6.45) is 11.2. The average molecular weight is 585 g/mol. The fourth-order valence-corrected chi connectivity index (χ4v) is 8.14. The van der Waals surface area contributed by atoms with E-state index in [0.717, 1.165) is 58.9 Å². The van der Waals surface area contributed by atoms with Gasteiger partial charge in [0.05, 0.1) is 41.6 Å². The van der Waals surface area contributed by atoms with E-state index in [1.807, 2.05) is 17.0 Å². The van der Waals surface area contributed by atoms with Gasteiger partial charge in [0.1, 0.15) is 6.61 Å². The molecule has 1 aromatic heterocycles. The molecule has 3 saturated heterocycles. The number of ether oxygens (including phenoxy) is 1. The fraction of sp³-hybridized carbons (Fsp3) is 0.515. The summed E-state index contributed by atoms with van der Waals surface area (Å²) < 4.78 is 8.67. The minimum atomic E-state index is 0.129. The van der Waals surface area contributed by atoms with Gasteiger partial charge >= 0.3 is 11.8 Å². The molecule has 0 bridgehead atoms. The number of aromatic nitrogens is 2. The maximum atomic E-state index is 9.51. The van der Waals surface area contributed by atoms with Crippen LogP contribution in [0.4, 0.5) is 11.5 Å². The van der Waals surface area contributed by atoms with Crippen molar-refractivity contribution in [3.8, 4) is 12.2 Å². The van der Waals surface area contributed by atoms with E-state index < -0.39 is 0 Å². The third kappa shape index (κ3) is 4.87. The molecule has 2 atom stereocenters. The summed E-state index contributed by atoms with van der Waals surface area (Å²) in [7, 11) is 2.08. The summed E-state index contributed by atoms with van der Waals surface area (Å²) in [4.78, 5) is 17.0. The Morgan fingerprint density at radius 1 is 1.14 bits per heavy atom. The van der Waals surface area contributed by atoms with Crippen LogP contribution < -0.4 is 9.64 Å². The Kier molecular flexibility index (Phi) is 7.19. The first-order valence-corrected chi connectivity index (χ1v) is 15.8. The van der Waals surface area contributed by atoms with E-state index in [9.17, 15) is 5.26 Å². The molecule has 0 spiro atoms. The molecule has 2 aromatic carbocycles. The van der Waals surface area contributed by atoms with Gasteiger partial charge in [0.2, 0.25) is 0 Å². The lowest BCUT2D eigenvalue weighted by Crippen LogP contribution is -2.43. The van der Waals surface area contributed by atoms with Gasteiger partial charge in [-0.3, -0.25) is 4.90 Å². The molecule has 0 radical (unpaired) electrons. The van der Waals surface area contributed by atoms with E-state index in [2.05, 4.69) is 65.0 Å². The van der Waals surface area contributed by atoms with Gasteiger partial charge in [-0.15, -0.1) is 0 Å². The van der Waals surface area contributed by atoms with Crippen LogP contribution in [-0.4, -0.2) is 82.0 Å². The van der Waals surface area contributed by atoms with Crippen LogP contribution in [0.5, 0.6) is 6.01 Å². The Labute approximate surface area is 253 Å². The number of halogens is 1. The van der Waals surface area contributed by atoms with Crippen LogP contribution in [0.15, 0.2) is 36.4 Å². The van der Waals surface area contributed by atoms with E-state index in [0.29, 0.717) is 25.1 Å². The predicted octanol–water partition coefficient (Wildman–Crippen LogP) is 5.39. The molecule has 3 aromatic rings. The average Bonchev–Trinajstić information content (AvgIpc) is 3.69. The summed E-state index contributed by atoms with van der Waals surface area (Å²) in [5, 5.41) is 12.5. The van der Waals surface area contributed by atoms with Gasteiger partial charge in [-0.1, -0.05) is 35.9 Å². The van der Waals surface area contributed by atoms with E-state index in [4.69, 9.17) is 26.3 Å². The van der Waals surface area contributed by atoms with Crippen molar-refractivity contribution < 1.29 is 9.31 Å². The van der Waals surface area contributed by atoms with Gasteiger partial charge in [0, 0.05) is 47.5 Å². The Balaban J connectivity index is 1.23. The van der Waals surface area contributed by atoms with Crippen molar-refractivity contribution in [1.29, 1.82) is 5.26 Å². The maximum Gasteiger partial charge on any atom is 0.434 e. The molecule has 4 aliphatic heterocycles. The van der Waals surface area contributed by atoms with Crippen molar-refractivity contribution in [2.45, 2.75) is 63.6 Å². The van der Waals surface area contributed by atoms with Crippen LogP contribution in [0.2, 0.25) is 5.02 Å². The highest BCUT2D eigenvalue weighted by atomic mass is 35.5. The number of hydrogen-bond donors (Lipinski definition) is 0. The van der Waals surface area contributed by atoms with E-state index in [-0.39, 0.29) is 11.6 Å². The molecule has 0 N–H and O–H groups in total. The quantitative estimate of drug-likeness (QED) is 0.219. The zero-order valence-electron chi connectivity index (χ0n) is 24.6. The van der Waals surface area contributed by atoms with Gasteiger partial charge in [-0.2, -0.15) is 10.2 Å². The zero-order chi connectivity index (χ0) is 28.8. The largest absolute Gasteiger partial charge is 0.443 e. The van der Waals surface area contributed by atoms with Crippen molar-refractivity contribution in [2.24, 2.45) is 5.92 Å². The topological polar surface area (TPSA) is 71.5 Å². The monoisotopic (exact) mass is 584 g/mol. The van der Waals surface area contributed by atoms with E-state index in [1.54, 1.807) is 0 Å². The lowest BCUT2D eigenvalue weighted by atomic mass is 9.95. The number of anilines is 1. The third-order valence-electron chi connectivity index (χ3n) is 9.98. The van der Waals surface area contributed by atoms with E-state index in [1.165, 1.54) is 44.3 Å². The van der Waals surface area contributed by atoms with Gasteiger partial charge < -0.3 is 14.5 Å². The molecule has 4 aliphatic rings. The summed E-state index contributed by atoms with van der Waals surface area (Å²) in [6, 6.07) is 13.2. The molecule has 218 valence electrons. The van der Waals surface area contributed by atoms with Gasteiger partial charge in [0.25, 0.3) is 0 Å². The highest BCUT2D eigenvalue weighted by Crippen LogP contribution is 2.40. The number of fused-ring (bicyclic) bond motifs is 3. The molecule has 0 saturated carbocycles. The van der Waals surface area contributed by atoms with Crippen molar-refractivity contribution in [1.82, 2.24) is 19.8 Å². The second-order valence-corrected chi connectivity index (χ2v) is 13.0. The maximum absolute atomic E-state index is 9.51. The standard InChI is InChI=1S/C33H39ClN7O/c1-23-17-24(19-40(23)22-35)18-38(2)31-26-11-16-39(29-10-4-8-25-7-3-9-27(34)30(25)29)20-28(26)36-32(37-31)42-21-33-12-5-14-41(33)15-6-13-33/h3-4,7-10,18,23-24H,5-6,11-17,19-21H2,1-2H3/q+1/t23-,24?/m0/s1. The van der Waals surface area contributed by atoms with Crippen LogP contribution in [0.25, 0.3) is 10.8 Å². The minimum absolute atomic E-state index is 0.129. The number of rotatable bonds is 6. The number of hydrogen-bond acceptors (Lipinski definition) is 7. The third-order valence-corrected chi connectivity index (χ3v) is 10.3. The molecule has 8 nitrogen and oxygen atoms in total. The van der Waals surface area contributed by atoms with Gasteiger partial charge in [-0.05, 0) is 69.6 Å². The summed E-state index contributed by atoms with van der Waals surface area (Å²) in [5.74, 6) is 1.21. The number of benzene rings is 2. The molecule has 0 aliphatic carbocycles. The first-order chi connectivity index (χ1) is 20.4. The lowest BCUT2D eigenvalue weighted by molar-refractivity contribution is -0.407. The van der Waals surface area contributed by atoms with Crippen molar-refractivity contribution >= 4 is 40.1 Å². The Morgan fingerprint density at radius 2 is 1.93 bits per heavy atom. The highest BCUT2D eigenvalue weighted by molar-refractivity contribution is 6.36. The number of nitrogens with zero attached hydrogens (tertiary/aromatic N) is 7. The van der Waals surface area contributed by atoms with Gasteiger partial charge in [-0.25, -0.2) is 4.58 Å². The van der Waals surface area contributed by atoms with Crippen molar-refractivity contribution in [3.63, 3.8) is 0 Å². The molecular formula is C33H39ClN7O+. The second-order valence-electron chi connectivity index (χ2n) is 12.6. The van der Waals surface area contributed by atoms with Crippen LogP contribution >= 0.6 is 11.6 Å². The SMILES string of the molecule is C[C@H]1CC(C=[N+](C)c2nc(OCC34CCCN3CCC4)nc3c2CCN(c2cccc4cccc(Cl)c24)C3)CN1C#N. The smallest absolute Gasteiger partial charge is 0.434 e. The van der Waals surface area contributed by atoms with Crippen LogP contribution in [0.1, 0.15) is 50.3 Å². The predicted molar refractivity (Wildman–Crippen MR) is 166 cm³/mol. The Hall–Kier alpha value is -3.41. The first kappa shape index (κ1) is 27.4. The molecule has 7 rings (SSSR count). The minimum Gasteiger partial charge on any atom is -0.443 e. The lowest BCUT2D eigenvalue weighted by Gasteiger charge is -2.32. The Morgan fingerprint density at radius 3 is 2.69 bits per heavy atom. The molecule has 5 heterocycles. The first-order valence-electron chi connectivity index (χ1n) is 15.4. The fourth-order valence-electron chi connectivity index (χ4n) is 7.86. The van der Waals surface area contributed by atoms with Crippen LogP contribution in [0.3, 0.4) is 0 Å². The molecular weight excluding hydrogens is 546 g/mol. The van der Waals surface area contributed by atoms with Gasteiger partial charge in [0.15, 0.2) is 6.19 Å². The highest BCUT2D eigenvalue weighted by Gasteiger charge is 2.45. The molecule has 42 heavy (non-hydrogen) atoms. The molecule has 9 heteroatoms.